The van der Waals surface area contributed by atoms with Gasteiger partial charge >= 0.3 is 0 Å². The van der Waals surface area contributed by atoms with Gasteiger partial charge in [0, 0.05) is 17.8 Å². The van der Waals surface area contributed by atoms with Crippen LogP contribution < -0.4 is 10.0 Å². The first kappa shape index (κ1) is 18.8. The van der Waals surface area contributed by atoms with E-state index in [1.54, 1.807) is 24.3 Å². The van der Waals surface area contributed by atoms with Gasteiger partial charge in [0.05, 0.1) is 4.90 Å². The lowest BCUT2D eigenvalue weighted by atomic mass is 10.1. The lowest BCUT2D eigenvalue weighted by Crippen LogP contribution is -2.23. The van der Waals surface area contributed by atoms with Gasteiger partial charge in [-0.1, -0.05) is 48.0 Å². The molecule has 0 saturated carbocycles. The highest BCUT2D eigenvalue weighted by atomic mass is 32.2. The Morgan fingerprint density at radius 2 is 1.48 bits per heavy atom. The molecule has 3 aromatic rings. The predicted molar refractivity (Wildman–Crippen MR) is 106 cm³/mol. The van der Waals surface area contributed by atoms with Gasteiger partial charge in [-0.25, -0.2) is 13.1 Å². The van der Waals surface area contributed by atoms with E-state index in [0.29, 0.717) is 11.3 Å². The van der Waals surface area contributed by atoms with Crippen LogP contribution in [-0.2, 0) is 16.6 Å². The summed E-state index contributed by atoms with van der Waals surface area (Å²) in [7, 11) is -3.62. The zero-order valence-corrected chi connectivity index (χ0v) is 15.7. The van der Waals surface area contributed by atoms with E-state index >= 15 is 0 Å². The third-order valence-electron chi connectivity index (χ3n) is 4.05. The van der Waals surface area contributed by atoms with E-state index in [0.717, 1.165) is 11.1 Å². The van der Waals surface area contributed by atoms with Crippen molar-refractivity contribution in [3.05, 3.63) is 95.6 Å². The van der Waals surface area contributed by atoms with Crippen molar-refractivity contribution in [1.82, 2.24) is 4.72 Å². The Bertz CT molecular complexity index is 1010. The minimum absolute atomic E-state index is 0.145. The van der Waals surface area contributed by atoms with Crippen molar-refractivity contribution in [2.75, 3.05) is 5.32 Å². The standard InChI is InChI=1S/C21H20N2O3S/c1-16-7-9-18(10-8-16)21(24)23-19-11-13-20(14-12-19)27(25,26)22-15-17-5-3-2-4-6-17/h2-14,22H,15H2,1H3,(H,23,24). The van der Waals surface area contributed by atoms with Gasteiger partial charge in [0.15, 0.2) is 0 Å². The molecule has 0 saturated heterocycles. The van der Waals surface area contributed by atoms with Crippen LogP contribution in [0.25, 0.3) is 0 Å². The minimum atomic E-state index is -3.62. The van der Waals surface area contributed by atoms with Gasteiger partial charge in [-0.05, 0) is 48.9 Å². The van der Waals surface area contributed by atoms with E-state index in [2.05, 4.69) is 10.0 Å². The van der Waals surface area contributed by atoms with Gasteiger partial charge in [0.25, 0.3) is 5.91 Å². The normalized spacial score (nSPS) is 11.1. The number of hydrogen-bond acceptors (Lipinski definition) is 3. The van der Waals surface area contributed by atoms with Gasteiger partial charge in [-0.15, -0.1) is 0 Å². The highest BCUT2D eigenvalue weighted by molar-refractivity contribution is 7.89. The van der Waals surface area contributed by atoms with Crippen molar-refractivity contribution in [1.29, 1.82) is 0 Å². The molecule has 0 fully saturated rings. The average Bonchev–Trinajstić information content (AvgIpc) is 2.68. The van der Waals surface area contributed by atoms with Crippen LogP contribution in [0, 0.1) is 6.92 Å². The number of benzene rings is 3. The van der Waals surface area contributed by atoms with E-state index in [1.165, 1.54) is 12.1 Å². The maximum absolute atomic E-state index is 12.4. The molecule has 0 aliphatic carbocycles. The Hall–Kier alpha value is -2.96. The molecule has 0 spiro atoms. The summed E-state index contributed by atoms with van der Waals surface area (Å²) in [6.45, 7) is 2.17. The number of amides is 1. The maximum atomic E-state index is 12.4. The van der Waals surface area contributed by atoms with Crippen LogP contribution in [0.2, 0.25) is 0 Å². The lowest BCUT2D eigenvalue weighted by molar-refractivity contribution is 0.102. The molecule has 138 valence electrons. The van der Waals surface area contributed by atoms with Gasteiger partial charge < -0.3 is 5.32 Å². The van der Waals surface area contributed by atoms with Crippen molar-refractivity contribution < 1.29 is 13.2 Å². The van der Waals surface area contributed by atoms with E-state index in [9.17, 15) is 13.2 Å². The van der Waals surface area contributed by atoms with Gasteiger partial charge in [-0.2, -0.15) is 0 Å². The summed E-state index contributed by atoms with van der Waals surface area (Å²) in [5, 5.41) is 2.76. The molecule has 0 aromatic heterocycles. The van der Waals surface area contributed by atoms with Crippen molar-refractivity contribution in [2.45, 2.75) is 18.4 Å². The summed E-state index contributed by atoms with van der Waals surface area (Å²) in [5.74, 6) is -0.243. The van der Waals surface area contributed by atoms with Gasteiger partial charge in [-0.3, -0.25) is 4.79 Å². The zero-order valence-electron chi connectivity index (χ0n) is 14.8. The van der Waals surface area contributed by atoms with Crippen LogP contribution >= 0.6 is 0 Å². The van der Waals surface area contributed by atoms with Crippen LogP contribution in [0.15, 0.2) is 83.8 Å². The van der Waals surface area contributed by atoms with Crippen LogP contribution in [0.5, 0.6) is 0 Å². The second-order valence-corrected chi connectivity index (χ2v) is 7.92. The smallest absolute Gasteiger partial charge is 0.255 e. The Labute approximate surface area is 159 Å². The first-order valence-electron chi connectivity index (χ1n) is 8.46. The summed E-state index contributed by atoms with van der Waals surface area (Å²) in [6.07, 6.45) is 0. The van der Waals surface area contributed by atoms with Gasteiger partial charge in [0.2, 0.25) is 10.0 Å². The Balaban J connectivity index is 1.65. The fourth-order valence-corrected chi connectivity index (χ4v) is 3.50. The van der Waals surface area contributed by atoms with E-state index in [1.807, 2.05) is 49.4 Å². The summed E-state index contributed by atoms with van der Waals surface area (Å²) >= 11 is 0. The molecule has 0 atom stereocenters. The van der Waals surface area contributed by atoms with Crippen LogP contribution in [0.3, 0.4) is 0 Å². The third kappa shape index (κ3) is 5.03. The van der Waals surface area contributed by atoms with E-state index < -0.39 is 10.0 Å². The average molecular weight is 380 g/mol. The topological polar surface area (TPSA) is 75.3 Å². The Morgan fingerprint density at radius 3 is 2.11 bits per heavy atom. The van der Waals surface area contributed by atoms with Crippen LogP contribution in [-0.4, -0.2) is 14.3 Å². The molecule has 6 heteroatoms. The van der Waals surface area contributed by atoms with Crippen LogP contribution in [0.4, 0.5) is 5.69 Å². The molecular formula is C21H20N2O3S. The SMILES string of the molecule is Cc1ccc(C(=O)Nc2ccc(S(=O)(=O)NCc3ccccc3)cc2)cc1. The fraction of sp³-hybridized carbons (Fsp3) is 0.0952. The first-order chi connectivity index (χ1) is 12.9. The second-order valence-electron chi connectivity index (χ2n) is 6.15. The van der Waals surface area contributed by atoms with Crippen molar-refractivity contribution in [3.8, 4) is 0 Å². The summed E-state index contributed by atoms with van der Waals surface area (Å²) in [4.78, 5) is 12.4. The third-order valence-corrected chi connectivity index (χ3v) is 5.46. The van der Waals surface area contributed by atoms with Crippen molar-refractivity contribution in [2.24, 2.45) is 0 Å². The number of hydrogen-bond donors (Lipinski definition) is 2. The number of aryl methyl sites for hydroxylation is 1. The molecule has 0 aliphatic heterocycles. The summed E-state index contributed by atoms with van der Waals surface area (Å²) in [5.41, 5.74) is 3.02. The van der Waals surface area contributed by atoms with E-state index in [4.69, 9.17) is 0 Å². The molecule has 0 heterocycles. The fourth-order valence-electron chi connectivity index (χ4n) is 2.48. The Morgan fingerprint density at radius 1 is 0.852 bits per heavy atom. The molecular weight excluding hydrogens is 360 g/mol. The lowest BCUT2D eigenvalue weighted by Gasteiger charge is -2.09. The first-order valence-corrected chi connectivity index (χ1v) is 9.94. The zero-order chi connectivity index (χ0) is 19.3. The highest BCUT2D eigenvalue weighted by Gasteiger charge is 2.14. The maximum Gasteiger partial charge on any atom is 0.255 e. The molecule has 0 radical (unpaired) electrons. The molecule has 27 heavy (non-hydrogen) atoms. The van der Waals surface area contributed by atoms with Crippen molar-refractivity contribution >= 4 is 21.6 Å². The molecule has 0 aliphatic rings. The highest BCUT2D eigenvalue weighted by Crippen LogP contribution is 2.16. The van der Waals surface area contributed by atoms with Gasteiger partial charge in [0.1, 0.15) is 0 Å². The monoisotopic (exact) mass is 380 g/mol. The van der Waals surface area contributed by atoms with Crippen molar-refractivity contribution in [3.63, 3.8) is 0 Å². The molecule has 1 amide bonds. The second kappa shape index (κ2) is 8.16. The molecule has 0 unspecified atom stereocenters. The molecule has 2 N–H and O–H groups in total. The molecule has 0 bridgehead atoms. The number of carbonyl (C=O) groups excluding carboxylic acids is 1. The van der Waals surface area contributed by atoms with Crippen LogP contribution in [0.1, 0.15) is 21.5 Å². The molecule has 3 rings (SSSR count). The number of anilines is 1. The number of rotatable bonds is 6. The van der Waals surface area contributed by atoms with E-state index in [-0.39, 0.29) is 17.3 Å². The number of nitrogens with one attached hydrogen (secondary N) is 2. The quantitative estimate of drug-likeness (QED) is 0.684. The molecule has 5 nitrogen and oxygen atoms in total. The predicted octanol–water partition coefficient (Wildman–Crippen LogP) is 3.73. The Kier molecular flexibility index (Phi) is 5.69. The minimum Gasteiger partial charge on any atom is -0.322 e. The number of sulfonamides is 1. The number of carbonyl (C=O) groups is 1. The summed E-state index contributed by atoms with van der Waals surface area (Å²) < 4.78 is 27.4. The largest absolute Gasteiger partial charge is 0.322 e. The summed E-state index contributed by atoms with van der Waals surface area (Å²) in [6, 6.07) is 22.6. The molecule has 3 aromatic carbocycles.